The molecule has 0 aliphatic heterocycles. The average Bonchev–Trinajstić information content (AvgIpc) is 2.80. The predicted molar refractivity (Wildman–Crippen MR) is 154 cm³/mol. The van der Waals surface area contributed by atoms with E-state index in [2.05, 4.69) is 126 Å². The van der Waals surface area contributed by atoms with Crippen LogP contribution in [0.2, 0.25) is 24.7 Å². The first-order valence-electron chi connectivity index (χ1n) is 12.6. The standard InChI is InChI=1S/C30H43NO2Si2/c1-25(16-15-17-26(2)29(24-31)33-34(6,7)8)22-23-32-35(30(3,4)5,27-18-11-9-12-19-27)28-20-13-10-14-21-28/h9-14,17-22,29H,15-16,23H2,1-8H3/b25-22+,26-17+. The van der Waals surface area contributed by atoms with E-state index in [4.69, 9.17) is 8.85 Å². The summed E-state index contributed by atoms with van der Waals surface area (Å²) in [5.74, 6) is 0. The minimum Gasteiger partial charge on any atom is -0.404 e. The van der Waals surface area contributed by atoms with Crippen LogP contribution in [0.15, 0.2) is 84.0 Å². The summed E-state index contributed by atoms with van der Waals surface area (Å²) in [6, 6.07) is 23.8. The fourth-order valence-corrected chi connectivity index (χ4v) is 9.82. The number of benzene rings is 2. The van der Waals surface area contributed by atoms with E-state index < -0.39 is 22.7 Å². The van der Waals surface area contributed by atoms with Crippen LogP contribution in [0.4, 0.5) is 0 Å². The third-order valence-corrected chi connectivity index (χ3v) is 12.1. The lowest BCUT2D eigenvalue weighted by atomic mass is 10.1. The molecule has 1 unspecified atom stereocenters. The summed E-state index contributed by atoms with van der Waals surface area (Å²) in [4.78, 5) is 0. The molecular formula is C30H43NO2Si2. The smallest absolute Gasteiger partial charge is 0.261 e. The summed E-state index contributed by atoms with van der Waals surface area (Å²) in [5, 5.41) is 12.1. The average molecular weight is 506 g/mol. The number of rotatable bonds is 11. The van der Waals surface area contributed by atoms with Crippen molar-refractivity contribution in [2.24, 2.45) is 0 Å². The Balaban J connectivity index is 2.18. The van der Waals surface area contributed by atoms with Gasteiger partial charge in [-0.3, -0.25) is 0 Å². The molecule has 0 amide bonds. The van der Waals surface area contributed by atoms with Crippen molar-refractivity contribution in [3.05, 3.63) is 84.0 Å². The molecule has 2 rings (SSSR count). The van der Waals surface area contributed by atoms with Crippen molar-refractivity contribution in [1.29, 1.82) is 5.26 Å². The van der Waals surface area contributed by atoms with Crippen molar-refractivity contribution in [3.8, 4) is 6.07 Å². The van der Waals surface area contributed by atoms with Gasteiger partial charge in [-0.15, -0.1) is 0 Å². The van der Waals surface area contributed by atoms with Crippen LogP contribution >= 0.6 is 0 Å². The van der Waals surface area contributed by atoms with Crippen molar-refractivity contribution in [1.82, 2.24) is 0 Å². The first-order chi connectivity index (χ1) is 16.4. The molecule has 0 aromatic heterocycles. The van der Waals surface area contributed by atoms with Gasteiger partial charge in [-0.25, -0.2) is 0 Å². The lowest BCUT2D eigenvalue weighted by Gasteiger charge is -2.42. The maximum Gasteiger partial charge on any atom is 0.261 e. The van der Waals surface area contributed by atoms with Gasteiger partial charge in [0.1, 0.15) is 0 Å². The van der Waals surface area contributed by atoms with Crippen molar-refractivity contribution < 1.29 is 8.85 Å². The maximum atomic E-state index is 9.50. The molecule has 1 atom stereocenters. The van der Waals surface area contributed by atoms with Crippen LogP contribution in [-0.2, 0) is 8.85 Å². The minimum atomic E-state index is -2.51. The molecule has 0 heterocycles. The monoisotopic (exact) mass is 505 g/mol. The number of hydrogen-bond donors (Lipinski definition) is 0. The highest BCUT2D eigenvalue weighted by molar-refractivity contribution is 6.99. The van der Waals surface area contributed by atoms with Gasteiger partial charge in [0.15, 0.2) is 14.4 Å². The van der Waals surface area contributed by atoms with Crippen LogP contribution in [0.5, 0.6) is 0 Å². The first-order valence-corrected chi connectivity index (χ1v) is 17.9. The van der Waals surface area contributed by atoms with Crippen molar-refractivity contribution >= 4 is 27.0 Å². The van der Waals surface area contributed by atoms with Crippen molar-refractivity contribution in [3.63, 3.8) is 0 Å². The van der Waals surface area contributed by atoms with Crippen LogP contribution in [0.25, 0.3) is 0 Å². The minimum absolute atomic E-state index is 0.0278. The fraction of sp³-hybridized carbons (Fsp3) is 0.433. The van der Waals surface area contributed by atoms with Gasteiger partial charge in [-0.05, 0) is 67.3 Å². The summed E-state index contributed by atoms with van der Waals surface area (Å²) in [6.07, 6.45) is 5.76. The molecule has 3 nitrogen and oxygen atoms in total. The van der Waals surface area contributed by atoms with Crippen LogP contribution < -0.4 is 10.4 Å². The molecule has 0 saturated heterocycles. The Morgan fingerprint density at radius 2 is 1.43 bits per heavy atom. The van der Waals surface area contributed by atoms with Gasteiger partial charge in [0.25, 0.3) is 8.32 Å². The fourth-order valence-electron chi connectivity index (χ4n) is 4.38. The Morgan fingerprint density at radius 1 is 0.914 bits per heavy atom. The van der Waals surface area contributed by atoms with E-state index >= 15 is 0 Å². The van der Waals surface area contributed by atoms with E-state index in [0.717, 1.165) is 18.4 Å². The molecule has 0 fully saturated rings. The third-order valence-electron chi connectivity index (χ3n) is 6.16. The molecule has 2 aromatic carbocycles. The second-order valence-electron chi connectivity index (χ2n) is 11.3. The molecule has 0 N–H and O–H groups in total. The number of allylic oxidation sites excluding steroid dienone is 2. The van der Waals surface area contributed by atoms with Crippen LogP contribution in [0, 0.1) is 11.3 Å². The molecule has 0 spiro atoms. The van der Waals surface area contributed by atoms with Gasteiger partial charge in [0.05, 0.1) is 12.7 Å². The molecule has 0 aliphatic rings. The Labute approximate surface area is 215 Å². The van der Waals surface area contributed by atoms with Crippen LogP contribution in [0.3, 0.4) is 0 Å². The Hall–Kier alpha value is -2.24. The molecule has 0 saturated carbocycles. The summed E-state index contributed by atoms with van der Waals surface area (Å²) < 4.78 is 13.0. The first kappa shape index (κ1) is 29.0. The maximum absolute atomic E-state index is 9.50. The van der Waals surface area contributed by atoms with Gasteiger partial charge < -0.3 is 8.85 Å². The van der Waals surface area contributed by atoms with Gasteiger partial charge in [-0.2, -0.15) is 5.26 Å². The Morgan fingerprint density at radius 3 is 1.86 bits per heavy atom. The second kappa shape index (κ2) is 12.6. The lowest BCUT2D eigenvalue weighted by Crippen LogP contribution is -2.66. The largest absolute Gasteiger partial charge is 0.404 e. The zero-order valence-corrected chi connectivity index (χ0v) is 24.9. The molecule has 5 heteroatoms. The van der Waals surface area contributed by atoms with Crippen LogP contribution in [0.1, 0.15) is 47.5 Å². The molecule has 2 aromatic rings. The lowest BCUT2D eigenvalue weighted by molar-refractivity contribution is 0.283. The molecule has 188 valence electrons. The summed E-state index contributed by atoms with van der Waals surface area (Å²) in [5.41, 5.74) is 2.30. The highest BCUT2D eigenvalue weighted by atomic mass is 28.4. The number of hydrogen-bond acceptors (Lipinski definition) is 3. The van der Waals surface area contributed by atoms with E-state index in [1.165, 1.54) is 15.9 Å². The van der Waals surface area contributed by atoms with Gasteiger partial charge in [-0.1, -0.05) is 99.2 Å². The molecule has 0 bridgehead atoms. The van der Waals surface area contributed by atoms with E-state index in [-0.39, 0.29) is 5.04 Å². The number of nitriles is 1. The van der Waals surface area contributed by atoms with E-state index in [1.807, 2.05) is 6.92 Å². The summed E-state index contributed by atoms with van der Waals surface area (Å²) >= 11 is 0. The second-order valence-corrected chi connectivity index (χ2v) is 20.0. The normalized spacial score (nSPS) is 14.5. The van der Waals surface area contributed by atoms with Crippen molar-refractivity contribution in [2.75, 3.05) is 6.61 Å². The highest BCUT2D eigenvalue weighted by Gasteiger charge is 2.49. The molecular weight excluding hydrogens is 463 g/mol. The van der Waals surface area contributed by atoms with Crippen molar-refractivity contribution in [2.45, 2.75) is 78.2 Å². The summed E-state index contributed by atoms with van der Waals surface area (Å²) in [6.45, 7) is 18.0. The van der Waals surface area contributed by atoms with E-state index in [0.29, 0.717) is 6.61 Å². The predicted octanol–water partition coefficient (Wildman–Crippen LogP) is 6.98. The zero-order valence-electron chi connectivity index (χ0n) is 22.9. The topological polar surface area (TPSA) is 42.2 Å². The SMILES string of the molecule is C/C(=C\CO[Si](c1ccccc1)(c1ccccc1)C(C)(C)C)CC/C=C(\C)C(C#N)O[Si](C)(C)C. The zero-order chi connectivity index (χ0) is 26.1. The number of nitrogens with zero attached hydrogens (tertiary/aromatic N) is 1. The van der Waals surface area contributed by atoms with E-state index in [1.54, 1.807) is 0 Å². The highest BCUT2D eigenvalue weighted by Crippen LogP contribution is 2.36. The van der Waals surface area contributed by atoms with Gasteiger partial charge in [0.2, 0.25) is 0 Å². The molecule has 0 radical (unpaired) electrons. The Kier molecular flexibility index (Phi) is 10.5. The van der Waals surface area contributed by atoms with Gasteiger partial charge in [0, 0.05) is 0 Å². The molecule has 0 aliphatic carbocycles. The summed E-state index contributed by atoms with van der Waals surface area (Å²) in [7, 11) is -4.27. The van der Waals surface area contributed by atoms with Crippen LogP contribution in [-0.4, -0.2) is 29.3 Å². The van der Waals surface area contributed by atoms with Gasteiger partial charge >= 0.3 is 0 Å². The Bertz CT molecular complexity index is 987. The third kappa shape index (κ3) is 8.15. The molecule has 35 heavy (non-hydrogen) atoms. The van der Waals surface area contributed by atoms with E-state index in [9.17, 15) is 5.26 Å². The quantitative estimate of drug-likeness (QED) is 0.244.